The Labute approximate surface area is 189 Å². The highest BCUT2D eigenvalue weighted by Crippen LogP contribution is 2.34. The molecule has 0 radical (unpaired) electrons. The molecule has 168 valence electrons. The van der Waals surface area contributed by atoms with E-state index in [1.807, 2.05) is 5.38 Å². The lowest BCUT2D eigenvalue weighted by Gasteiger charge is -2.28. The number of nitrogens with zero attached hydrogens (tertiary/aromatic N) is 1. The molecule has 1 N–H and O–H groups in total. The monoisotopic (exact) mass is 475 g/mol. The van der Waals surface area contributed by atoms with Crippen LogP contribution >= 0.6 is 11.3 Å². The van der Waals surface area contributed by atoms with Gasteiger partial charge in [0.05, 0.1) is 12.0 Å². The summed E-state index contributed by atoms with van der Waals surface area (Å²) >= 11 is 1.38. The predicted octanol–water partition coefficient (Wildman–Crippen LogP) is 3.37. The molecule has 10 heteroatoms. The topological polar surface area (TPSA) is 102 Å². The number of aliphatic carboxylic acids is 1. The number of hydrogen-bond acceptors (Lipinski definition) is 7. The van der Waals surface area contributed by atoms with E-state index in [1.54, 1.807) is 30.3 Å². The molecule has 2 heterocycles. The maximum absolute atomic E-state index is 13.6. The minimum Gasteiger partial charge on any atom is -0.497 e. The number of thiophene rings is 1. The summed E-state index contributed by atoms with van der Waals surface area (Å²) in [6, 6.07) is 13.2. The van der Waals surface area contributed by atoms with Gasteiger partial charge in [0.2, 0.25) is 16.8 Å². The standard InChI is InChI=1S/C22H21NO7S2/c1-28-16-5-7-18(8-6-16)32(26,27)23(19(22(24)25)12-17-3-2-10-31-17)13-15-4-9-20-21(11-15)30-14-29-20/h2-11,19H,12-14H2,1H3,(H,24,25)/t19-/m1/s1. The number of fused-ring (bicyclic) bond motifs is 1. The van der Waals surface area contributed by atoms with Crippen LogP contribution in [0, 0.1) is 0 Å². The third-order valence-electron chi connectivity index (χ3n) is 5.05. The molecule has 1 aromatic heterocycles. The maximum atomic E-state index is 13.6. The normalized spacial score (nSPS) is 13.8. The number of hydrogen-bond donors (Lipinski definition) is 1. The number of sulfonamides is 1. The summed E-state index contributed by atoms with van der Waals surface area (Å²) in [6.07, 6.45) is 0.0485. The van der Waals surface area contributed by atoms with Crippen molar-refractivity contribution in [3.05, 3.63) is 70.4 Å². The Balaban J connectivity index is 1.74. The molecule has 8 nitrogen and oxygen atoms in total. The number of carbonyl (C=O) groups is 1. The third-order valence-corrected chi connectivity index (χ3v) is 7.82. The van der Waals surface area contributed by atoms with Gasteiger partial charge in [-0.05, 0) is 53.4 Å². The Kier molecular flexibility index (Phi) is 6.35. The number of benzene rings is 2. The van der Waals surface area contributed by atoms with Gasteiger partial charge in [-0.3, -0.25) is 4.79 Å². The summed E-state index contributed by atoms with van der Waals surface area (Å²) in [5.74, 6) is 0.331. The molecule has 1 atom stereocenters. The fourth-order valence-electron chi connectivity index (χ4n) is 3.40. The second kappa shape index (κ2) is 9.19. The van der Waals surface area contributed by atoms with Gasteiger partial charge in [-0.15, -0.1) is 11.3 Å². The lowest BCUT2D eigenvalue weighted by molar-refractivity contribution is -0.141. The van der Waals surface area contributed by atoms with Crippen molar-refractivity contribution in [2.24, 2.45) is 0 Å². The predicted molar refractivity (Wildman–Crippen MR) is 118 cm³/mol. The number of carboxylic acid groups (broad SMARTS) is 1. The summed E-state index contributed by atoms with van der Waals surface area (Å²) in [6.45, 7) is -0.0594. The molecular weight excluding hydrogens is 454 g/mol. The van der Waals surface area contributed by atoms with Crippen LogP contribution in [0.1, 0.15) is 10.4 Å². The van der Waals surface area contributed by atoms with Crippen LogP contribution < -0.4 is 14.2 Å². The lowest BCUT2D eigenvalue weighted by Crippen LogP contribution is -2.45. The first kappa shape index (κ1) is 22.1. The van der Waals surface area contributed by atoms with Crippen molar-refractivity contribution in [3.8, 4) is 17.2 Å². The zero-order valence-electron chi connectivity index (χ0n) is 17.1. The van der Waals surface area contributed by atoms with Crippen molar-refractivity contribution in [3.63, 3.8) is 0 Å². The molecule has 2 aromatic carbocycles. The first-order valence-electron chi connectivity index (χ1n) is 9.68. The van der Waals surface area contributed by atoms with Crippen molar-refractivity contribution in [2.45, 2.75) is 23.9 Å². The van der Waals surface area contributed by atoms with E-state index in [2.05, 4.69) is 0 Å². The Hall–Kier alpha value is -3.08. The summed E-state index contributed by atoms with van der Waals surface area (Å²) in [4.78, 5) is 13.0. The van der Waals surface area contributed by atoms with E-state index in [-0.39, 0.29) is 24.7 Å². The smallest absolute Gasteiger partial charge is 0.322 e. The molecule has 0 spiro atoms. The van der Waals surface area contributed by atoms with Crippen molar-refractivity contribution in [2.75, 3.05) is 13.9 Å². The van der Waals surface area contributed by atoms with Crippen molar-refractivity contribution < 1.29 is 32.5 Å². The highest BCUT2D eigenvalue weighted by molar-refractivity contribution is 7.89. The molecule has 0 saturated carbocycles. The van der Waals surface area contributed by atoms with Gasteiger partial charge in [0, 0.05) is 17.8 Å². The maximum Gasteiger partial charge on any atom is 0.322 e. The van der Waals surface area contributed by atoms with E-state index in [0.29, 0.717) is 22.8 Å². The van der Waals surface area contributed by atoms with Gasteiger partial charge in [0.25, 0.3) is 0 Å². The molecule has 0 fully saturated rings. The largest absolute Gasteiger partial charge is 0.497 e. The molecule has 0 aliphatic carbocycles. The van der Waals surface area contributed by atoms with Gasteiger partial charge in [-0.2, -0.15) is 4.31 Å². The van der Waals surface area contributed by atoms with E-state index < -0.39 is 22.0 Å². The van der Waals surface area contributed by atoms with Crippen molar-refractivity contribution in [1.82, 2.24) is 4.31 Å². The van der Waals surface area contributed by atoms with Gasteiger partial charge >= 0.3 is 5.97 Å². The Bertz CT molecular complexity index is 1190. The average molecular weight is 476 g/mol. The van der Waals surface area contributed by atoms with Crippen LogP contribution in [0.2, 0.25) is 0 Å². The van der Waals surface area contributed by atoms with Crippen LogP contribution in [-0.4, -0.2) is 43.7 Å². The minimum atomic E-state index is -4.16. The quantitative estimate of drug-likeness (QED) is 0.506. The van der Waals surface area contributed by atoms with Gasteiger partial charge in [0.1, 0.15) is 11.8 Å². The lowest BCUT2D eigenvalue weighted by atomic mass is 10.1. The van der Waals surface area contributed by atoms with Gasteiger partial charge < -0.3 is 19.3 Å². The van der Waals surface area contributed by atoms with E-state index in [9.17, 15) is 18.3 Å². The zero-order chi connectivity index (χ0) is 22.7. The summed E-state index contributed by atoms with van der Waals surface area (Å²) in [5, 5.41) is 11.8. The number of methoxy groups -OCH3 is 1. The molecular formula is C22H21NO7S2. The van der Waals surface area contributed by atoms with Crippen LogP contribution in [0.15, 0.2) is 64.9 Å². The minimum absolute atomic E-state index is 0.0172. The highest BCUT2D eigenvalue weighted by atomic mass is 32.2. The molecule has 0 saturated heterocycles. The zero-order valence-corrected chi connectivity index (χ0v) is 18.8. The Morgan fingerprint density at radius 2 is 1.91 bits per heavy atom. The molecule has 0 bridgehead atoms. The Morgan fingerprint density at radius 3 is 2.56 bits per heavy atom. The molecule has 3 aromatic rings. The summed E-state index contributed by atoms with van der Waals surface area (Å²) in [7, 11) is -2.67. The van der Waals surface area contributed by atoms with Crippen molar-refractivity contribution in [1.29, 1.82) is 0 Å². The number of ether oxygens (including phenoxy) is 3. The molecule has 1 aliphatic heterocycles. The number of rotatable bonds is 9. The average Bonchev–Trinajstić information content (AvgIpc) is 3.47. The van der Waals surface area contributed by atoms with E-state index in [1.165, 1.54) is 42.7 Å². The van der Waals surface area contributed by atoms with E-state index >= 15 is 0 Å². The van der Waals surface area contributed by atoms with Crippen LogP contribution in [0.25, 0.3) is 0 Å². The van der Waals surface area contributed by atoms with Crippen LogP contribution in [0.4, 0.5) is 0 Å². The summed E-state index contributed by atoms with van der Waals surface area (Å²) < 4.78 is 44.1. The second-order valence-electron chi connectivity index (χ2n) is 7.05. The fraction of sp³-hybridized carbons (Fsp3) is 0.227. The first-order valence-corrected chi connectivity index (χ1v) is 12.0. The number of carboxylic acids is 1. The SMILES string of the molecule is COc1ccc(S(=O)(=O)N(Cc2ccc3c(c2)OCO3)[C@H](Cc2cccs2)C(=O)O)cc1. The van der Waals surface area contributed by atoms with Gasteiger partial charge in [-0.25, -0.2) is 8.42 Å². The van der Waals surface area contributed by atoms with E-state index in [0.717, 1.165) is 9.18 Å². The molecule has 4 rings (SSSR count). The van der Waals surface area contributed by atoms with Gasteiger partial charge in [-0.1, -0.05) is 12.1 Å². The van der Waals surface area contributed by atoms with Crippen LogP contribution in [0.5, 0.6) is 17.2 Å². The molecule has 0 unspecified atom stereocenters. The first-order chi connectivity index (χ1) is 15.4. The second-order valence-corrected chi connectivity index (χ2v) is 9.97. The summed E-state index contributed by atoms with van der Waals surface area (Å²) in [5.41, 5.74) is 0.587. The van der Waals surface area contributed by atoms with Crippen molar-refractivity contribution >= 4 is 27.3 Å². The van der Waals surface area contributed by atoms with Gasteiger partial charge in [0.15, 0.2) is 11.5 Å². The fourth-order valence-corrected chi connectivity index (χ4v) is 5.71. The van der Waals surface area contributed by atoms with E-state index in [4.69, 9.17) is 14.2 Å². The molecule has 0 amide bonds. The highest BCUT2D eigenvalue weighted by Gasteiger charge is 2.36. The molecule has 1 aliphatic rings. The molecule has 32 heavy (non-hydrogen) atoms. The Morgan fingerprint density at radius 1 is 1.16 bits per heavy atom. The third kappa shape index (κ3) is 4.57. The van der Waals surface area contributed by atoms with Crippen LogP contribution in [-0.2, 0) is 27.8 Å². The van der Waals surface area contributed by atoms with Crippen LogP contribution in [0.3, 0.4) is 0 Å².